The van der Waals surface area contributed by atoms with Gasteiger partial charge in [-0.2, -0.15) is 0 Å². The van der Waals surface area contributed by atoms with Crippen molar-refractivity contribution in [3.05, 3.63) is 120 Å². The van der Waals surface area contributed by atoms with E-state index in [1.54, 1.807) is 18.5 Å². The number of benzene rings is 2. The van der Waals surface area contributed by atoms with Crippen molar-refractivity contribution in [1.82, 2.24) is 9.97 Å². The molecular weight excluding hydrogens is 557 g/mol. The van der Waals surface area contributed by atoms with Crippen LogP contribution in [0.3, 0.4) is 0 Å². The van der Waals surface area contributed by atoms with Gasteiger partial charge in [0.05, 0.1) is 5.69 Å². The zero-order chi connectivity index (χ0) is 19.9. The number of ether oxygens (including phenoxy) is 1. The number of pyridine rings is 2. The molecule has 3 heterocycles. The minimum atomic E-state index is -0.278. The van der Waals surface area contributed by atoms with Gasteiger partial charge in [-0.1, -0.05) is 42.1 Å². The number of para-hydroxylation sites is 2. The number of halogens is 1. The van der Waals surface area contributed by atoms with E-state index in [0.717, 1.165) is 28.4 Å². The summed E-state index contributed by atoms with van der Waals surface area (Å²) in [6.07, 6.45) is 5.26. The number of fused-ring (bicyclic) bond motifs is 1. The Morgan fingerprint density at radius 3 is 2.30 bits per heavy atom. The summed E-state index contributed by atoms with van der Waals surface area (Å²) in [6.45, 7) is 0. The molecule has 0 spiro atoms. The van der Waals surface area contributed by atoms with Crippen LogP contribution in [0.5, 0.6) is 5.75 Å². The number of nitrogens with zero attached hydrogens (tertiary/aromatic N) is 3. The van der Waals surface area contributed by atoms with E-state index in [0.29, 0.717) is 5.88 Å². The maximum absolute atomic E-state index is 12.6. The molecule has 1 radical (unpaired) electrons. The first kappa shape index (κ1) is 21.4. The van der Waals surface area contributed by atoms with Crippen LogP contribution in [0, 0.1) is 11.9 Å². The van der Waals surface area contributed by atoms with Gasteiger partial charge in [-0.15, -0.1) is 29.8 Å². The molecule has 5 rings (SSSR count). The average molecular weight is 574 g/mol. The summed E-state index contributed by atoms with van der Waals surface area (Å²) >= 11 is 0. The minimum absolute atomic E-state index is 0. The molecule has 4 aromatic rings. The van der Waals surface area contributed by atoms with E-state index in [2.05, 4.69) is 21.4 Å². The molecular formula is C24H16FIrN3O-2. The van der Waals surface area contributed by atoms with Crippen molar-refractivity contribution in [2.24, 2.45) is 0 Å². The van der Waals surface area contributed by atoms with Crippen LogP contribution in [0.15, 0.2) is 97.1 Å². The normalized spacial score (nSPS) is 12.5. The molecule has 0 amide bonds. The van der Waals surface area contributed by atoms with Crippen LogP contribution in [0.25, 0.3) is 22.7 Å². The van der Waals surface area contributed by atoms with Crippen molar-refractivity contribution >= 4 is 11.8 Å². The van der Waals surface area contributed by atoms with E-state index < -0.39 is 0 Å². The summed E-state index contributed by atoms with van der Waals surface area (Å²) in [5.74, 6) is 1.10. The molecule has 4 nitrogen and oxygen atoms in total. The second-order valence-electron chi connectivity index (χ2n) is 6.05. The fourth-order valence-corrected chi connectivity index (χ4v) is 2.63. The number of hydrogen-bond acceptors (Lipinski definition) is 3. The molecule has 0 atom stereocenters. The summed E-state index contributed by atoms with van der Waals surface area (Å²) in [4.78, 5) is 8.31. The molecule has 1 aliphatic rings. The third kappa shape index (κ3) is 5.60. The Morgan fingerprint density at radius 1 is 0.867 bits per heavy atom. The van der Waals surface area contributed by atoms with Crippen LogP contribution in [-0.2, 0) is 20.1 Å². The van der Waals surface area contributed by atoms with E-state index >= 15 is 0 Å². The fourth-order valence-electron chi connectivity index (χ4n) is 2.63. The number of hydrogen-bond donors (Lipinski definition) is 0. The molecule has 0 saturated heterocycles. The number of rotatable bonds is 2. The molecule has 151 valence electrons. The molecule has 0 N–H and O–H groups in total. The monoisotopic (exact) mass is 574 g/mol. The Labute approximate surface area is 187 Å². The van der Waals surface area contributed by atoms with Gasteiger partial charge >= 0.3 is 0 Å². The van der Waals surface area contributed by atoms with Gasteiger partial charge in [-0.05, 0) is 36.0 Å². The molecule has 1 aliphatic heterocycles. The van der Waals surface area contributed by atoms with Crippen molar-refractivity contribution in [3.8, 4) is 17.0 Å². The van der Waals surface area contributed by atoms with Gasteiger partial charge < -0.3 is 15.0 Å². The standard InChI is InChI=1S/C13H9N2O.C11H7FN.Ir/c1-2-7-12-11(6-1)15-13(16-12)9-10-5-3-4-8-14-10;12-10-6-4-9(5-7-10)11-3-1-2-8-13-11;/h1-9H;1-4,6-8H;/q2*-1;/b13-9+;;. The quantitative estimate of drug-likeness (QED) is 0.270. The summed E-state index contributed by atoms with van der Waals surface area (Å²) in [5.41, 5.74) is 3.32. The van der Waals surface area contributed by atoms with Crippen LogP contribution in [0.1, 0.15) is 5.69 Å². The van der Waals surface area contributed by atoms with Crippen molar-refractivity contribution in [2.45, 2.75) is 0 Å². The van der Waals surface area contributed by atoms with Gasteiger partial charge in [0.1, 0.15) is 5.75 Å². The Bertz CT molecular complexity index is 1080. The van der Waals surface area contributed by atoms with Crippen molar-refractivity contribution in [2.75, 3.05) is 0 Å². The topological polar surface area (TPSA) is 49.1 Å². The molecule has 2 aromatic heterocycles. The van der Waals surface area contributed by atoms with Crippen molar-refractivity contribution < 1.29 is 29.2 Å². The van der Waals surface area contributed by atoms with Crippen LogP contribution in [0.2, 0.25) is 0 Å². The van der Waals surface area contributed by atoms with Gasteiger partial charge in [-0.3, -0.25) is 9.37 Å². The Kier molecular flexibility index (Phi) is 7.44. The van der Waals surface area contributed by atoms with Crippen LogP contribution in [-0.4, -0.2) is 9.97 Å². The Balaban J connectivity index is 0.000000169. The summed E-state index contributed by atoms with van der Waals surface area (Å²) < 4.78 is 18.1. The SMILES string of the molecule is C(=C1/[N-]c2ccccc2O1)/c1ccccn1.Fc1c[c-]c(-c2ccccn2)cc1.[Ir]. The van der Waals surface area contributed by atoms with Gasteiger partial charge in [0.15, 0.2) is 0 Å². The van der Waals surface area contributed by atoms with Gasteiger partial charge in [0.25, 0.3) is 0 Å². The Hall–Kier alpha value is -3.34. The minimum Gasteiger partial charge on any atom is -0.624 e. The first-order valence-corrected chi connectivity index (χ1v) is 8.98. The molecule has 2 aromatic carbocycles. The largest absolute Gasteiger partial charge is 0.624 e. The van der Waals surface area contributed by atoms with E-state index in [1.807, 2.05) is 66.7 Å². The molecule has 0 saturated carbocycles. The summed E-state index contributed by atoms with van der Waals surface area (Å²) in [7, 11) is 0. The van der Waals surface area contributed by atoms with Crippen LogP contribution < -0.4 is 4.74 Å². The first-order valence-electron chi connectivity index (χ1n) is 8.98. The summed E-state index contributed by atoms with van der Waals surface area (Å²) in [6, 6.07) is 26.2. The molecule has 0 unspecified atom stereocenters. The Morgan fingerprint density at radius 2 is 1.63 bits per heavy atom. The van der Waals surface area contributed by atoms with Gasteiger partial charge in [0, 0.05) is 44.2 Å². The molecule has 0 bridgehead atoms. The predicted octanol–water partition coefficient (Wildman–Crippen LogP) is 6.16. The smallest absolute Gasteiger partial charge is 0.110 e. The van der Waals surface area contributed by atoms with E-state index in [1.165, 1.54) is 12.1 Å². The van der Waals surface area contributed by atoms with Gasteiger partial charge in [-0.25, -0.2) is 0 Å². The summed E-state index contributed by atoms with van der Waals surface area (Å²) in [5, 5.41) is 4.35. The zero-order valence-electron chi connectivity index (χ0n) is 15.7. The third-order valence-corrected chi connectivity index (χ3v) is 3.99. The van der Waals surface area contributed by atoms with E-state index in [9.17, 15) is 4.39 Å². The van der Waals surface area contributed by atoms with Crippen molar-refractivity contribution in [3.63, 3.8) is 0 Å². The number of aromatic nitrogens is 2. The fraction of sp³-hybridized carbons (Fsp3) is 0. The second-order valence-corrected chi connectivity index (χ2v) is 6.05. The van der Waals surface area contributed by atoms with Gasteiger partial charge in [0.2, 0.25) is 0 Å². The average Bonchev–Trinajstić information content (AvgIpc) is 3.18. The van der Waals surface area contributed by atoms with E-state index in [4.69, 9.17) is 4.74 Å². The zero-order valence-corrected chi connectivity index (χ0v) is 18.1. The maximum Gasteiger partial charge on any atom is 0.110 e. The van der Waals surface area contributed by atoms with Crippen LogP contribution >= 0.6 is 0 Å². The molecule has 0 fully saturated rings. The maximum atomic E-state index is 12.6. The first-order chi connectivity index (χ1) is 14.3. The van der Waals surface area contributed by atoms with E-state index in [-0.39, 0.29) is 25.9 Å². The third-order valence-electron chi connectivity index (χ3n) is 3.99. The predicted molar refractivity (Wildman–Crippen MR) is 111 cm³/mol. The second kappa shape index (κ2) is 10.4. The van der Waals surface area contributed by atoms with Crippen molar-refractivity contribution in [1.29, 1.82) is 0 Å². The molecule has 0 aliphatic carbocycles. The molecule has 30 heavy (non-hydrogen) atoms. The molecule has 6 heteroatoms. The van der Waals surface area contributed by atoms with Crippen LogP contribution in [0.4, 0.5) is 10.1 Å².